The van der Waals surface area contributed by atoms with Crippen LogP contribution in [-0.4, -0.2) is 17.2 Å². The molecule has 1 saturated carbocycles. The molecule has 138 valence electrons. The van der Waals surface area contributed by atoms with Crippen molar-refractivity contribution in [3.05, 3.63) is 54.1 Å². The summed E-state index contributed by atoms with van der Waals surface area (Å²) in [5.74, 6) is 2.53. The Labute approximate surface area is 154 Å². The first-order valence-electron chi connectivity index (χ1n) is 9.29. The van der Waals surface area contributed by atoms with E-state index < -0.39 is 12.1 Å². The van der Waals surface area contributed by atoms with Crippen molar-refractivity contribution in [1.29, 1.82) is 0 Å². The molecule has 1 unspecified atom stereocenters. The average molecular weight is 354 g/mol. The topological polar surface area (TPSA) is 55.8 Å². The van der Waals surface area contributed by atoms with Crippen molar-refractivity contribution in [2.45, 2.75) is 51.6 Å². The minimum atomic E-state index is -0.985. The van der Waals surface area contributed by atoms with Crippen LogP contribution in [-0.2, 0) is 4.79 Å². The second-order valence-electron chi connectivity index (χ2n) is 7.17. The molecular weight excluding hydrogens is 328 g/mol. The fourth-order valence-corrected chi connectivity index (χ4v) is 3.45. The number of rotatable bonds is 6. The van der Waals surface area contributed by atoms with Crippen LogP contribution in [0.3, 0.4) is 0 Å². The predicted octanol–water partition coefficient (Wildman–Crippen LogP) is 5.62. The highest BCUT2D eigenvalue weighted by atomic mass is 16.5. The zero-order valence-corrected chi connectivity index (χ0v) is 15.4. The minimum Gasteiger partial charge on any atom is -0.479 e. The Morgan fingerprint density at radius 2 is 1.62 bits per heavy atom. The lowest BCUT2D eigenvalue weighted by Gasteiger charge is -2.27. The largest absolute Gasteiger partial charge is 0.479 e. The summed E-state index contributed by atoms with van der Waals surface area (Å²) in [7, 11) is 0. The SMILES string of the molecule is CC1CCC(c2ccccc2Oc2ccc(OC(C)C(=O)O)cc2)CC1. The van der Waals surface area contributed by atoms with E-state index in [1.54, 1.807) is 12.1 Å². The number of hydrogen-bond acceptors (Lipinski definition) is 3. The van der Waals surface area contributed by atoms with Gasteiger partial charge in [-0.25, -0.2) is 4.79 Å². The summed E-state index contributed by atoms with van der Waals surface area (Å²) >= 11 is 0. The fraction of sp³-hybridized carbons (Fsp3) is 0.409. The van der Waals surface area contributed by atoms with Gasteiger partial charge in [0.05, 0.1) is 0 Å². The number of para-hydroxylation sites is 1. The third kappa shape index (κ3) is 4.57. The molecule has 1 aliphatic rings. The van der Waals surface area contributed by atoms with Crippen LogP contribution in [0.2, 0.25) is 0 Å². The van der Waals surface area contributed by atoms with Crippen molar-refractivity contribution < 1.29 is 19.4 Å². The van der Waals surface area contributed by atoms with E-state index in [0.29, 0.717) is 11.7 Å². The molecule has 0 amide bonds. The van der Waals surface area contributed by atoms with Gasteiger partial charge in [0, 0.05) is 0 Å². The van der Waals surface area contributed by atoms with E-state index in [-0.39, 0.29) is 0 Å². The zero-order valence-electron chi connectivity index (χ0n) is 15.4. The maximum atomic E-state index is 10.9. The first kappa shape index (κ1) is 18.3. The van der Waals surface area contributed by atoms with E-state index in [2.05, 4.69) is 19.1 Å². The molecule has 1 atom stereocenters. The number of ether oxygens (including phenoxy) is 2. The van der Waals surface area contributed by atoms with Crippen LogP contribution in [0.1, 0.15) is 51.0 Å². The van der Waals surface area contributed by atoms with Crippen molar-refractivity contribution in [2.24, 2.45) is 5.92 Å². The number of carboxylic acids is 1. The molecule has 2 aromatic rings. The number of benzene rings is 2. The Hall–Kier alpha value is -2.49. The Morgan fingerprint density at radius 1 is 1.00 bits per heavy atom. The summed E-state index contributed by atoms with van der Waals surface area (Å²) in [5.41, 5.74) is 1.28. The Morgan fingerprint density at radius 3 is 2.27 bits per heavy atom. The number of aliphatic carboxylic acids is 1. The molecule has 2 aromatic carbocycles. The molecule has 26 heavy (non-hydrogen) atoms. The average Bonchev–Trinajstić information content (AvgIpc) is 2.64. The molecule has 4 heteroatoms. The van der Waals surface area contributed by atoms with E-state index in [1.165, 1.54) is 38.2 Å². The van der Waals surface area contributed by atoms with Gasteiger partial charge in [-0.05, 0) is 67.5 Å². The predicted molar refractivity (Wildman–Crippen MR) is 101 cm³/mol. The van der Waals surface area contributed by atoms with Gasteiger partial charge in [0.25, 0.3) is 0 Å². The Kier molecular flexibility index (Phi) is 5.82. The van der Waals surface area contributed by atoms with Crippen LogP contribution in [0.4, 0.5) is 0 Å². The van der Waals surface area contributed by atoms with Crippen LogP contribution < -0.4 is 9.47 Å². The lowest BCUT2D eigenvalue weighted by Crippen LogP contribution is -2.22. The van der Waals surface area contributed by atoms with Gasteiger partial charge >= 0.3 is 5.97 Å². The molecule has 0 heterocycles. The highest BCUT2D eigenvalue weighted by molar-refractivity contribution is 5.72. The third-order valence-electron chi connectivity index (χ3n) is 5.09. The second-order valence-corrected chi connectivity index (χ2v) is 7.17. The molecule has 0 bridgehead atoms. The van der Waals surface area contributed by atoms with Gasteiger partial charge in [-0.15, -0.1) is 0 Å². The molecule has 0 aliphatic heterocycles. The first-order chi connectivity index (χ1) is 12.5. The highest BCUT2D eigenvalue weighted by Gasteiger charge is 2.22. The van der Waals surface area contributed by atoms with Crippen LogP contribution in [0.25, 0.3) is 0 Å². The standard InChI is InChI=1S/C22H26O4/c1-15-7-9-17(10-8-15)20-5-3-4-6-21(20)26-19-13-11-18(12-14-19)25-16(2)22(23)24/h3-6,11-17H,7-10H2,1-2H3,(H,23,24). The van der Waals surface area contributed by atoms with Crippen LogP contribution in [0.5, 0.6) is 17.2 Å². The van der Waals surface area contributed by atoms with Crippen LogP contribution in [0, 0.1) is 5.92 Å². The van der Waals surface area contributed by atoms with Gasteiger partial charge in [-0.1, -0.05) is 38.0 Å². The minimum absolute atomic E-state index is 0.516. The van der Waals surface area contributed by atoms with E-state index >= 15 is 0 Å². The van der Waals surface area contributed by atoms with Crippen molar-refractivity contribution in [2.75, 3.05) is 0 Å². The monoisotopic (exact) mass is 354 g/mol. The van der Waals surface area contributed by atoms with E-state index in [9.17, 15) is 4.79 Å². The molecular formula is C22H26O4. The maximum Gasteiger partial charge on any atom is 0.344 e. The van der Waals surface area contributed by atoms with Crippen LogP contribution in [0.15, 0.2) is 48.5 Å². The lowest BCUT2D eigenvalue weighted by molar-refractivity contribution is -0.144. The molecule has 1 N–H and O–H groups in total. The Balaban J connectivity index is 1.70. The Bertz CT molecular complexity index is 730. The first-order valence-corrected chi connectivity index (χ1v) is 9.29. The van der Waals surface area contributed by atoms with Crippen molar-refractivity contribution >= 4 is 5.97 Å². The smallest absolute Gasteiger partial charge is 0.344 e. The van der Waals surface area contributed by atoms with Crippen molar-refractivity contribution in [1.82, 2.24) is 0 Å². The molecule has 0 aromatic heterocycles. The summed E-state index contributed by atoms with van der Waals surface area (Å²) in [6, 6.07) is 15.3. The molecule has 1 aliphatic carbocycles. The number of carboxylic acid groups (broad SMARTS) is 1. The summed E-state index contributed by atoms with van der Waals surface area (Å²) in [6.45, 7) is 3.83. The zero-order chi connectivity index (χ0) is 18.5. The van der Waals surface area contributed by atoms with Crippen molar-refractivity contribution in [3.8, 4) is 17.2 Å². The van der Waals surface area contributed by atoms with Gasteiger partial charge in [0.15, 0.2) is 6.10 Å². The molecule has 0 saturated heterocycles. The summed E-state index contributed by atoms with van der Waals surface area (Å²) in [6.07, 6.45) is 4.08. The molecule has 0 spiro atoms. The van der Waals surface area contributed by atoms with Gasteiger partial charge < -0.3 is 14.6 Å². The maximum absolute atomic E-state index is 10.9. The summed E-state index contributed by atoms with van der Waals surface area (Å²) in [5, 5.41) is 8.91. The van der Waals surface area contributed by atoms with Gasteiger partial charge in [0.1, 0.15) is 17.2 Å². The van der Waals surface area contributed by atoms with E-state index in [0.717, 1.165) is 17.4 Å². The second kappa shape index (κ2) is 8.26. The molecule has 0 radical (unpaired) electrons. The normalized spacial score (nSPS) is 21.0. The lowest BCUT2D eigenvalue weighted by atomic mass is 9.79. The van der Waals surface area contributed by atoms with Gasteiger partial charge in [0.2, 0.25) is 0 Å². The van der Waals surface area contributed by atoms with Crippen molar-refractivity contribution in [3.63, 3.8) is 0 Å². The third-order valence-corrected chi connectivity index (χ3v) is 5.09. The summed E-state index contributed by atoms with van der Waals surface area (Å²) in [4.78, 5) is 10.9. The fourth-order valence-electron chi connectivity index (χ4n) is 3.45. The van der Waals surface area contributed by atoms with Gasteiger partial charge in [-0.2, -0.15) is 0 Å². The summed E-state index contributed by atoms with van der Waals surface area (Å²) < 4.78 is 11.5. The molecule has 3 rings (SSSR count). The molecule has 4 nitrogen and oxygen atoms in total. The van der Waals surface area contributed by atoms with Crippen LogP contribution >= 0.6 is 0 Å². The number of hydrogen-bond donors (Lipinski definition) is 1. The van der Waals surface area contributed by atoms with Gasteiger partial charge in [-0.3, -0.25) is 0 Å². The quantitative estimate of drug-likeness (QED) is 0.731. The number of carbonyl (C=O) groups is 1. The molecule has 1 fully saturated rings. The van der Waals surface area contributed by atoms with E-state index in [1.807, 2.05) is 24.3 Å². The van der Waals surface area contributed by atoms with E-state index in [4.69, 9.17) is 14.6 Å². The highest BCUT2D eigenvalue weighted by Crippen LogP contribution is 2.40.